The van der Waals surface area contributed by atoms with Crippen LogP contribution in [0, 0.1) is 11.8 Å². The minimum atomic E-state index is -3.03. The second kappa shape index (κ2) is 7.32. The summed E-state index contributed by atoms with van der Waals surface area (Å²) < 4.78 is 24.9. The lowest BCUT2D eigenvalue weighted by molar-refractivity contribution is 0.228. The van der Waals surface area contributed by atoms with Gasteiger partial charge in [-0.2, -0.15) is 0 Å². The van der Waals surface area contributed by atoms with Crippen molar-refractivity contribution in [1.29, 1.82) is 0 Å². The molecular formula is C13H27Cl2N3O2S. The summed E-state index contributed by atoms with van der Waals surface area (Å²) in [6.45, 7) is 3.28. The minimum absolute atomic E-state index is 0. The Morgan fingerprint density at radius 3 is 2.10 bits per heavy atom. The van der Waals surface area contributed by atoms with Gasteiger partial charge in [0.15, 0.2) is 0 Å². The van der Waals surface area contributed by atoms with Crippen molar-refractivity contribution in [3.05, 3.63) is 0 Å². The Morgan fingerprint density at radius 2 is 1.62 bits per heavy atom. The Balaban J connectivity index is 0.00000110. The highest BCUT2D eigenvalue weighted by atomic mass is 35.5. The third kappa shape index (κ3) is 3.51. The molecule has 1 N–H and O–H groups in total. The lowest BCUT2D eigenvalue weighted by Crippen LogP contribution is -2.36. The number of hydrogen-bond donors (Lipinski definition) is 1. The van der Waals surface area contributed by atoms with Crippen LogP contribution in [0.25, 0.3) is 0 Å². The first-order valence-electron chi connectivity index (χ1n) is 7.37. The van der Waals surface area contributed by atoms with E-state index in [9.17, 15) is 8.42 Å². The molecule has 0 aliphatic carbocycles. The Labute approximate surface area is 140 Å². The number of hydrogen-bond acceptors (Lipinski definition) is 4. The van der Waals surface area contributed by atoms with Crippen molar-refractivity contribution in [3.8, 4) is 0 Å². The third-order valence-electron chi connectivity index (χ3n) is 5.28. The van der Waals surface area contributed by atoms with E-state index >= 15 is 0 Å². The fraction of sp³-hybridized carbons (Fsp3) is 1.00. The Bertz CT molecular complexity index is 429. The van der Waals surface area contributed by atoms with Crippen molar-refractivity contribution < 1.29 is 8.42 Å². The summed E-state index contributed by atoms with van der Waals surface area (Å²) in [7, 11) is 0.203. The molecule has 0 unspecified atom stereocenters. The molecule has 21 heavy (non-hydrogen) atoms. The molecule has 0 amide bonds. The Kier molecular flexibility index (Phi) is 6.78. The summed E-state index contributed by atoms with van der Waals surface area (Å²) in [6, 6.07) is 1.43. The number of nitrogens with zero attached hydrogens (tertiary/aromatic N) is 2. The summed E-state index contributed by atoms with van der Waals surface area (Å²) in [4.78, 5) is 2.61. The van der Waals surface area contributed by atoms with Crippen LogP contribution in [-0.2, 0) is 10.0 Å². The molecule has 126 valence electrons. The lowest BCUT2D eigenvalue weighted by atomic mass is 9.82. The van der Waals surface area contributed by atoms with Crippen LogP contribution in [0.15, 0.2) is 0 Å². The van der Waals surface area contributed by atoms with E-state index in [0.717, 1.165) is 24.8 Å². The van der Waals surface area contributed by atoms with E-state index in [1.165, 1.54) is 30.2 Å². The zero-order valence-electron chi connectivity index (χ0n) is 12.7. The van der Waals surface area contributed by atoms with Crippen LogP contribution < -0.4 is 5.32 Å². The topological polar surface area (TPSA) is 52.7 Å². The van der Waals surface area contributed by atoms with Crippen molar-refractivity contribution in [2.75, 3.05) is 39.5 Å². The minimum Gasteiger partial charge on any atom is -0.316 e. The van der Waals surface area contributed by atoms with Gasteiger partial charge >= 0.3 is 0 Å². The van der Waals surface area contributed by atoms with Gasteiger partial charge in [-0.15, -0.1) is 24.8 Å². The van der Waals surface area contributed by atoms with Gasteiger partial charge < -0.3 is 5.32 Å². The highest BCUT2D eigenvalue weighted by molar-refractivity contribution is 7.89. The van der Waals surface area contributed by atoms with Crippen molar-refractivity contribution in [1.82, 2.24) is 14.5 Å². The lowest BCUT2D eigenvalue weighted by Gasteiger charge is -2.24. The fourth-order valence-electron chi connectivity index (χ4n) is 4.35. The van der Waals surface area contributed by atoms with Gasteiger partial charge in [-0.1, -0.05) is 0 Å². The molecule has 0 saturated carbocycles. The molecule has 0 radical (unpaired) electrons. The maximum absolute atomic E-state index is 11.8. The molecule has 0 spiro atoms. The largest absolute Gasteiger partial charge is 0.316 e. The Hall–Kier alpha value is 0.410. The zero-order chi connectivity index (χ0) is 13.6. The predicted molar refractivity (Wildman–Crippen MR) is 90.0 cm³/mol. The van der Waals surface area contributed by atoms with Crippen LogP contribution >= 0.6 is 24.8 Å². The van der Waals surface area contributed by atoms with Crippen molar-refractivity contribution in [2.24, 2.45) is 11.8 Å². The van der Waals surface area contributed by atoms with E-state index in [0.29, 0.717) is 12.1 Å². The van der Waals surface area contributed by atoms with Crippen molar-refractivity contribution in [3.63, 3.8) is 0 Å². The molecule has 3 fully saturated rings. The summed E-state index contributed by atoms with van der Waals surface area (Å²) in [6.07, 6.45) is 3.39. The summed E-state index contributed by atoms with van der Waals surface area (Å²) in [5.74, 6) is 1.93. The van der Waals surface area contributed by atoms with Crippen molar-refractivity contribution in [2.45, 2.75) is 31.3 Å². The van der Waals surface area contributed by atoms with Gasteiger partial charge in [0.1, 0.15) is 0 Å². The van der Waals surface area contributed by atoms with Gasteiger partial charge in [-0.05, 0) is 50.7 Å². The molecule has 0 aromatic carbocycles. The van der Waals surface area contributed by atoms with E-state index in [2.05, 4.69) is 10.2 Å². The van der Waals surface area contributed by atoms with E-state index in [1.54, 1.807) is 14.1 Å². The normalized spacial score (nSPS) is 34.6. The van der Waals surface area contributed by atoms with E-state index in [1.807, 2.05) is 0 Å². The Morgan fingerprint density at radius 1 is 1.10 bits per heavy atom. The molecule has 3 aliphatic rings. The number of sulfonamides is 1. The molecular weight excluding hydrogens is 333 g/mol. The average Bonchev–Trinajstić information content (AvgIpc) is 2.99. The quantitative estimate of drug-likeness (QED) is 0.788. The van der Waals surface area contributed by atoms with Gasteiger partial charge in [0.25, 0.3) is 0 Å². The van der Waals surface area contributed by atoms with Crippen LogP contribution in [0.5, 0.6) is 0 Å². The molecule has 0 aromatic heterocycles. The molecule has 2 bridgehead atoms. The van der Waals surface area contributed by atoms with Crippen LogP contribution in [0.2, 0.25) is 0 Å². The predicted octanol–water partition coefficient (Wildman–Crippen LogP) is 0.794. The number of rotatable bonds is 5. The van der Waals surface area contributed by atoms with Crippen LogP contribution in [0.1, 0.15) is 19.3 Å². The van der Waals surface area contributed by atoms with E-state index < -0.39 is 10.0 Å². The van der Waals surface area contributed by atoms with Gasteiger partial charge in [-0.25, -0.2) is 12.7 Å². The standard InChI is InChI=1S/C13H25N3O2S.2ClH/c1-15(2)19(17,18)7-3-6-16-12-4-5-13(16)11-9-14-8-10(11)12;;/h10-14H,3-9H2,1-2H3;2*1H/t10-,11+,12-,13+;;. The second-order valence-corrected chi connectivity index (χ2v) is 8.69. The van der Waals surface area contributed by atoms with Crippen LogP contribution in [-0.4, -0.2) is 69.2 Å². The molecule has 3 aliphatic heterocycles. The number of fused-ring (bicyclic) bond motifs is 5. The number of halogens is 2. The van der Waals surface area contributed by atoms with Crippen molar-refractivity contribution >= 4 is 34.8 Å². The third-order valence-corrected chi connectivity index (χ3v) is 7.20. The first-order chi connectivity index (χ1) is 9.00. The van der Waals surface area contributed by atoms with Gasteiger partial charge in [-0.3, -0.25) is 4.90 Å². The molecule has 5 nitrogen and oxygen atoms in total. The summed E-state index contributed by atoms with van der Waals surface area (Å²) >= 11 is 0. The summed E-state index contributed by atoms with van der Waals surface area (Å²) in [5.41, 5.74) is 0. The zero-order valence-corrected chi connectivity index (χ0v) is 15.1. The molecule has 8 heteroatoms. The SMILES string of the molecule is CN(C)S(=O)(=O)CCCN1[C@@H]2CC[C@H]1[C@H]1CNC[C@H]12.Cl.Cl. The highest BCUT2D eigenvalue weighted by Crippen LogP contribution is 2.47. The van der Waals surface area contributed by atoms with Gasteiger partial charge in [0.05, 0.1) is 5.75 Å². The first kappa shape index (κ1) is 19.5. The smallest absolute Gasteiger partial charge is 0.213 e. The van der Waals surface area contributed by atoms with Gasteiger partial charge in [0, 0.05) is 26.2 Å². The highest BCUT2D eigenvalue weighted by Gasteiger charge is 2.53. The summed E-state index contributed by atoms with van der Waals surface area (Å²) in [5, 5.41) is 3.51. The molecule has 3 saturated heterocycles. The molecule has 3 heterocycles. The van der Waals surface area contributed by atoms with Crippen LogP contribution in [0.4, 0.5) is 0 Å². The molecule has 4 atom stereocenters. The first-order valence-corrected chi connectivity index (χ1v) is 8.98. The van der Waals surface area contributed by atoms with E-state index in [4.69, 9.17) is 0 Å². The molecule has 3 rings (SSSR count). The maximum Gasteiger partial charge on any atom is 0.213 e. The fourth-order valence-corrected chi connectivity index (χ4v) is 5.20. The molecule has 0 aromatic rings. The second-order valence-electron chi connectivity index (χ2n) is 6.39. The maximum atomic E-state index is 11.8. The number of nitrogens with one attached hydrogen (secondary N) is 1. The monoisotopic (exact) mass is 359 g/mol. The average molecular weight is 360 g/mol. The van der Waals surface area contributed by atoms with E-state index in [-0.39, 0.29) is 30.6 Å². The van der Waals surface area contributed by atoms with Crippen LogP contribution in [0.3, 0.4) is 0 Å². The van der Waals surface area contributed by atoms with Gasteiger partial charge in [0.2, 0.25) is 10.0 Å².